The summed E-state index contributed by atoms with van der Waals surface area (Å²) in [5, 5.41) is 6.06. The van der Waals surface area contributed by atoms with Crippen LogP contribution in [0.3, 0.4) is 0 Å². The second-order valence-electron chi connectivity index (χ2n) is 4.96. The molecule has 0 radical (unpaired) electrons. The largest absolute Gasteiger partial charge is 0.381 e. The number of aryl methyl sites for hydroxylation is 1. The van der Waals surface area contributed by atoms with Gasteiger partial charge in [-0.15, -0.1) is 0 Å². The van der Waals surface area contributed by atoms with Crippen molar-refractivity contribution in [3.63, 3.8) is 0 Å². The van der Waals surface area contributed by atoms with Crippen LogP contribution in [-0.2, 0) is 17.8 Å². The quantitative estimate of drug-likeness (QED) is 0.867. The number of para-hydroxylation sites is 1. The smallest absolute Gasteiger partial charge is 0.224 e. The number of hydrogen-bond donors (Lipinski definition) is 2. The zero-order valence-corrected chi connectivity index (χ0v) is 13.8. The van der Waals surface area contributed by atoms with Crippen molar-refractivity contribution in [3.05, 3.63) is 63.6 Å². The SMILES string of the molecule is CNC(=O)Cc1ccccc1NCc1ccc(C)cc1Br. The highest BCUT2D eigenvalue weighted by Crippen LogP contribution is 2.21. The number of carbonyl (C=O) groups is 1. The van der Waals surface area contributed by atoms with E-state index in [1.165, 1.54) is 11.1 Å². The molecule has 110 valence electrons. The predicted molar refractivity (Wildman–Crippen MR) is 90.4 cm³/mol. The highest BCUT2D eigenvalue weighted by atomic mass is 79.9. The zero-order chi connectivity index (χ0) is 15.2. The van der Waals surface area contributed by atoms with Gasteiger partial charge in [0.25, 0.3) is 0 Å². The number of benzene rings is 2. The first-order chi connectivity index (χ1) is 10.1. The van der Waals surface area contributed by atoms with Gasteiger partial charge < -0.3 is 10.6 Å². The molecule has 0 atom stereocenters. The van der Waals surface area contributed by atoms with Gasteiger partial charge in [-0.1, -0.05) is 46.3 Å². The van der Waals surface area contributed by atoms with Gasteiger partial charge in [-0.3, -0.25) is 4.79 Å². The van der Waals surface area contributed by atoms with Crippen molar-refractivity contribution in [2.45, 2.75) is 19.9 Å². The molecule has 0 saturated carbocycles. The Morgan fingerprint density at radius 3 is 2.62 bits per heavy atom. The molecule has 0 aromatic heterocycles. The molecule has 0 fully saturated rings. The Labute approximate surface area is 133 Å². The maximum Gasteiger partial charge on any atom is 0.224 e. The van der Waals surface area contributed by atoms with E-state index in [1.807, 2.05) is 24.3 Å². The fourth-order valence-electron chi connectivity index (χ4n) is 2.09. The van der Waals surface area contributed by atoms with Gasteiger partial charge in [0.15, 0.2) is 0 Å². The number of rotatable bonds is 5. The van der Waals surface area contributed by atoms with E-state index in [-0.39, 0.29) is 5.91 Å². The van der Waals surface area contributed by atoms with E-state index >= 15 is 0 Å². The molecule has 0 aliphatic rings. The first-order valence-corrected chi connectivity index (χ1v) is 7.67. The molecule has 4 heteroatoms. The summed E-state index contributed by atoms with van der Waals surface area (Å²) in [7, 11) is 1.65. The van der Waals surface area contributed by atoms with Gasteiger partial charge in [0.1, 0.15) is 0 Å². The monoisotopic (exact) mass is 346 g/mol. The van der Waals surface area contributed by atoms with Crippen molar-refractivity contribution in [1.29, 1.82) is 0 Å². The summed E-state index contributed by atoms with van der Waals surface area (Å²) in [6.07, 6.45) is 0.384. The first-order valence-electron chi connectivity index (χ1n) is 6.87. The number of amides is 1. The van der Waals surface area contributed by atoms with Crippen LogP contribution in [0.1, 0.15) is 16.7 Å². The van der Waals surface area contributed by atoms with E-state index in [2.05, 4.69) is 51.7 Å². The Morgan fingerprint density at radius 2 is 1.90 bits per heavy atom. The Balaban J connectivity index is 2.11. The first kappa shape index (κ1) is 15.6. The van der Waals surface area contributed by atoms with E-state index in [0.717, 1.165) is 15.7 Å². The molecule has 0 aliphatic carbocycles. The fourth-order valence-corrected chi connectivity index (χ4v) is 2.73. The molecular weight excluding hydrogens is 328 g/mol. The summed E-state index contributed by atoms with van der Waals surface area (Å²) >= 11 is 3.59. The van der Waals surface area contributed by atoms with Crippen LogP contribution in [0.2, 0.25) is 0 Å². The molecule has 0 bridgehead atoms. The number of carbonyl (C=O) groups excluding carboxylic acids is 1. The number of hydrogen-bond acceptors (Lipinski definition) is 2. The van der Waals surface area contributed by atoms with Gasteiger partial charge in [0, 0.05) is 23.8 Å². The zero-order valence-electron chi connectivity index (χ0n) is 12.2. The van der Waals surface area contributed by atoms with Gasteiger partial charge >= 0.3 is 0 Å². The molecule has 2 N–H and O–H groups in total. The molecule has 2 aromatic rings. The highest BCUT2D eigenvalue weighted by Gasteiger charge is 2.07. The van der Waals surface area contributed by atoms with E-state index in [4.69, 9.17) is 0 Å². The molecule has 0 saturated heterocycles. The third-order valence-corrected chi connectivity index (χ3v) is 4.06. The third kappa shape index (κ3) is 4.33. The van der Waals surface area contributed by atoms with Crippen molar-refractivity contribution in [1.82, 2.24) is 5.32 Å². The van der Waals surface area contributed by atoms with E-state index in [0.29, 0.717) is 13.0 Å². The average molecular weight is 347 g/mol. The van der Waals surface area contributed by atoms with Gasteiger partial charge in [0.2, 0.25) is 5.91 Å². The number of nitrogens with one attached hydrogen (secondary N) is 2. The minimum atomic E-state index is 0.0146. The van der Waals surface area contributed by atoms with Crippen LogP contribution in [0.5, 0.6) is 0 Å². The molecule has 3 nitrogen and oxygen atoms in total. The number of anilines is 1. The summed E-state index contributed by atoms with van der Waals surface area (Å²) in [5.41, 5.74) is 4.41. The van der Waals surface area contributed by atoms with Crippen molar-refractivity contribution < 1.29 is 4.79 Å². The molecule has 2 aromatic carbocycles. The fraction of sp³-hybridized carbons (Fsp3) is 0.235. The van der Waals surface area contributed by atoms with Crippen LogP contribution in [0.15, 0.2) is 46.9 Å². The van der Waals surface area contributed by atoms with Crippen LogP contribution in [0.4, 0.5) is 5.69 Å². The van der Waals surface area contributed by atoms with Crippen LogP contribution >= 0.6 is 15.9 Å². The van der Waals surface area contributed by atoms with Crippen molar-refractivity contribution in [3.8, 4) is 0 Å². The number of halogens is 1. The van der Waals surface area contributed by atoms with Crippen LogP contribution in [-0.4, -0.2) is 13.0 Å². The molecule has 0 unspecified atom stereocenters. The summed E-state index contributed by atoms with van der Waals surface area (Å²) in [6, 6.07) is 14.2. The second kappa shape index (κ2) is 7.27. The Hall–Kier alpha value is -1.81. The molecular formula is C17H19BrN2O. The maximum atomic E-state index is 11.6. The number of likely N-dealkylation sites (N-methyl/N-ethyl adjacent to an activating group) is 1. The van der Waals surface area contributed by atoms with E-state index in [1.54, 1.807) is 7.05 Å². The van der Waals surface area contributed by atoms with Gasteiger partial charge in [-0.05, 0) is 35.7 Å². The summed E-state index contributed by atoms with van der Waals surface area (Å²) < 4.78 is 1.10. The normalized spacial score (nSPS) is 10.2. The minimum absolute atomic E-state index is 0.0146. The maximum absolute atomic E-state index is 11.6. The molecule has 21 heavy (non-hydrogen) atoms. The standard InChI is InChI=1S/C17H19BrN2O/c1-12-7-8-14(15(18)9-12)11-20-16-6-4-3-5-13(16)10-17(21)19-2/h3-9,20H,10-11H2,1-2H3,(H,19,21). The molecule has 0 spiro atoms. The van der Waals surface area contributed by atoms with Gasteiger partial charge in [-0.2, -0.15) is 0 Å². The average Bonchev–Trinajstić information content (AvgIpc) is 2.47. The lowest BCUT2D eigenvalue weighted by molar-refractivity contribution is -0.119. The molecule has 0 heterocycles. The van der Waals surface area contributed by atoms with Crippen LogP contribution in [0.25, 0.3) is 0 Å². The third-order valence-electron chi connectivity index (χ3n) is 3.33. The van der Waals surface area contributed by atoms with Crippen molar-refractivity contribution in [2.24, 2.45) is 0 Å². The lowest BCUT2D eigenvalue weighted by Gasteiger charge is -2.13. The summed E-state index contributed by atoms with van der Waals surface area (Å²) in [6.45, 7) is 2.78. The van der Waals surface area contributed by atoms with Crippen molar-refractivity contribution in [2.75, 3.05) is 12.4 Å². The van der Waals surface area contributed by atoms with E-state index in [9.17, 15) is 4.79 Å². The minimum Gasteiger partial charge on any atom is -0.381 e. The van der Waals surface area contributed by atoms with Gasteiger partial charge in [-0.25, -0.2) is 0 Å². The Kier molecular flexibility index (Phi) is 5.39. The Bertz CT molecular complexity index is 640. The second-order valence-corrected chi connectivity index (χ2v) is 5.81. The lowest BCUT2D eigenvalue weighted by Crippen LogP contribution is -2.20. The van der Waals surface area contributed by atoms with Crippen LogP contribution < -0.4 is 10.6 Å². The lowest BCUT2D eigenvalue weighted by atomic mass is 10.1. The molecule has 0 aliphatic heterocycles. The van der Waals surface area contributed by atoms with Gasteiger partial charge in [0.05, 0.1) is 6.42 Å². The molecule has 1 amide bonds. The van der Waals surface area contributed by atoms with Crippen molar-refractivity contribution >= 4 is 27.5 Å². The van der Waals surface area contributed by atoms with E-state index < -0.39 is 0 Å². The van der Waals surface area contributed by atoms with Crippen LogP contribution in [0, 0.1) is 6.92 Å². The highest BCUT2D eigenvalue weighted by molar-refractivity contribution is 9.10. The predicted octanol–water partition coefficient (Wildman–Crippen LogP) is 3.66. The summed E-state index contributed by atoms with van der Waals surface area (Å²) in [5.74, 6) is 0.0146. The molecule has 2 rings (SSSR count). The summed E-state index contributed by atoms with van der Waals surface area (Å²) in [4.78, 5) is 11.6. The Morgan fingerprint density at radius 1 is 1.14 bits per heavy atom. The topological polar surface area (TPSA) is 41.1 Å².